The van der Waals surface area contributed by atoms with Crippen molar-refractivity contribution in [1.29, 1.82) is 0 Å². The van der Waals surface area contributed by atoms with Gasteiger partial charge in [-0.2, -0.15) is 0 Å². The summed E-state index contributed by atoms with van der Waals surface area (Å²) in [4.78, 5) is 23.0. The van der Waals surface area contributed by atoms with E-state index >= 15 is 0 Å². The van der Waals surface area contributed by atoms with E-state index in [1.807, 2.05) is 6.92 Å². The molecule has 20 heavy (non-hydrogen) atoms. The first-order valence-electron chi connectivity index (χ1n) is 7.34. The molecule has 5 nitrogen and oxygen atoms in total. The van der Waals surface area contributed by atoms with Gasteiger partial charge in [0.25, 0.3) is 0 Å². The molecule has 0 aliphatic carbocycles. The van der Waals surface area contributed by atoms with Gasteiger partial charge in [-0.05, 0) is 24.7 Å². The van der Waals surface area contributed by atoms with Crippen LogP contribution in [-0.2, 0) is 4.79 Å². The van der Waals surface area contributed by atoms with Crippen molar-refractivity contribution in [2.24, 2.45) is 11.3 Å². The van der Waals surface area contributed by atoms with Gasteiger partial charge >= 0.3 is 12.0 Å². The average Bonchev–Trinajstić information content (AvgIpc) is 2.23. The number of carboxylic acids is 1. The Kier molecular flexibility index (Phi) is 7.61. The largest absolute Gasteiger partial charge is 0.480 e. The molecule has 0 aromatic carbocycles. The molecular weight excluding hydrogens is 256 g/mol. The zero-order valence-electron chi connectivity index (χ0n) is 13.6. The maximum atomic E-state index is 11.8. The molecule has 2 amide bonds. The lowest BCUT2D eigenvalue weighted by molar-refractivity contribution is -0.141. The van der Waals surface area contributed by atoms with Gasteiger partial charge in [-0.25, -0.2) is 9.59 Å². The van der Waals surface area contributed by atoms with E-state index in [1.54, 1.807) is 20.8 Å². The SMILES string of the molecule is CC(C)CCCC(C)NC(=O)NC(C(=O)O)C(C)(C)C. The summed E-state index contributed by atoms with van der Waals surface area (Å²) < 4.78 is 0. The van der Waals surface area contributed by atoms with Gasteiger partial charge in [0.2, 0.25) is 0 Å². The van der Waals surface area contributed by atoms with Crippen LogP contribution in [0.15, 0.2) is 0 Å². The Balaban J connectivity index is 4.23. The van der Waals surface area contributed by atoms with E-state index in [1.165, 1.54) is 0 Å². The molecule has 2 atom stereocenters. The summed E-state index contributed by atoms with van der Waals surface area (Å²) in [5.74, 6) is -0.353. The maximum absolute atomic E-state index is 11.8. The zero-order chi connectivity index (χ0) is 15.9. The van der Waals surface area contributed by atoms with Crippen LogP contribution in [0.3, 0.4) is 0 Å². The lowest BCUT2D eigenvalue weighted by Gasteiger charge is -2.28. The fourth-order valence-electron chi connectivity index (χ4n) is 1.95. The first-order valence-corrected chi connectivity index (χ1v) is 7.34. The van der Waals surface area contributed by atoms with Crippen LogP contribution >= 0.6 is 0 Å². The number of hydrogen-bond acceptors (Lipinski definition) is 2. The predicted octanol–water partition coefficient (Wildman–Crippen LogP) is 3.00. The molecule has 2 unspecified atom stereocenters. The molecule has 0 aliphatic heterocycles. The monoisotopic (exact) mass is 286 g/mol. The molecule has 0 aromatic heterocycles. The quantitative estimate of drug-likeness (QED) is 0.673. The highest BCUT2D eigenvalue weighted by molar-refractivity contribution is 5.83. The Bertz CT molecular complexity index is 322. The van der Waals surface area contributed by atoms with Crippen LogP contribution in [0.2, 0.25) is 0 Å². The molecule has 5 heteroatoms. The van der Waals surface area contributed by atoms with Gasteiger partial charge in [-0.15, -0.1) is 0 Å². The standard InChI is InChI=1S/C15H30N2O3/c1-10(2)8-7-9-11(3)16-14(20)17-12(13(18)19)15(4,5)6/h10-12H,7-9H2,1-6H3,(H,18,19)(H2,16,17,20). The van der Waals surface area contributed by atoms with E-state index in [9.17, 15) is 9.59 Å². The van der Waals surface area contributed by atoms with Gasteiger partial charge < -0.3 is 15.7 Å². The molecule has 0 fully saturated rings. The van der Waals surface area contributed by atoms with Crippen molar-refractivity contribution in [3.63, 3.8) is 0 Å². The van der Waals surface area contributed by atoms with Gasteiger partial charge in [-0.1, -0.05) is 47.5 Å². The second kappa shape index (κ2) is 8.12. The van der Waals surface area contributed by atoms with Crippen molar-refractivity contribution >= 4 is 12.0 Å². The number of amides is 2. The molecule has 118 valence electrons. The predicted molar refractivity (Wildman–Crippen MR) is 80.7 cm³/mol. The van der Waals surface area contributed by atoms with E-state index in [2.05, 4.69) is 24.5 Å². The van der Waals surface area contributed by atoms with Crippen LogP contribution < -0.4 is 10.6 Å². The molecule has 0 saturated heterocycles. The Morgan fingerprint density at radius 3 is 2.00 bits per heavy atom. The van der Waals surface area contributed by atoms with Gasteiger partial charge in [-0.3, -0.25) is 0 Å². The van der Waals surface area contributed by atoms with Crippen LogP contribution in [0.1, 0.15) is 60.8 Å². The Morgan fingerprint density at radius 2 is 1.60 bits per heavy atom. The van der Waals surface area contributed by atoms with E-state index in [0.29, 0.717) is 5.92 Å². The molecule has 0 aliphatic rings. The Morgan fingerprint density at radius 1 is 1.05 bits per heavy atom. The third-order valence-electron chi connectivity index (χ3n) is 3.18. The van der Waals surface area contributed by atoms with Crippen molar-refractivity contribution < 1.29 is 14.7 Å². The number of hydrogen-bond donors (Lipinski definition) is 3. The summed E-state index contributed by atoms with van der Waals surface area (Å²) in [5, 5.41) is 14.5. The second-order valence-corrected chi connectivity index (χ2v) is 6.98. The average molecular weight is 286 g/mol. The summed E-state index contributed by atoms with van der Waals surface area (Å²) in [6.07, 6.45) is 3.09. The summed E-state index contributed by atoms with van der Waals surface area (Å²) >= 11 is 0. The number of carboxylic acid groups (broad SMARTS) is 1. The van der Waals surface area contributed by atoms with E-state index in [0.717, 1.165) is 19.3 Å². The molecular formula is C15H30N2O3. The zero-order valence-corrected chi connectivity index (χ0v) is 13.6. The molecule has 0 rings (SSSR count). The fourth-order valence-corrected chi connectivity index (χ4v) is 1.95. The van der Waals surface area contributed by atoms with Crippen LogP contribution in [0.4, 0.5) is 4.79 Å². The van der Waals surface area contributed by atoms with E-state index in [-0.39, 0.29) is 6.04 Å². The number of carbonyl (C=O) groups excluding carboxylic acids is 1. The first-order chi connectivity index (χ1) is 9.04. The van der Waals surface area contributed by atoms with Crippen molar-refractivity contribution in [3.05, 3.63) is 0 Å². The van der Waals surface area contributed by atoms with Crippen LogP contribution in [0.5, 0.6) is 0 Å². The van der Waals surface area contributed by atoms with Crippen LogP contribution in [-0.4, -0.2) is 29.2 Å². The number of carbonyl (C=O) groups is 2. The first kappa shape index (κ1) is 18.7. The minimum atomic E-state index is -1.01. The minimum absolute atomic E-state index is 0.0446. The summed E-state index contributed by atoms with van der Waals surface area (Å²) in [6, 6.07) is -1.27. The van der Waals surface area contributed by atoms with E-state index < -0.39 is 23.5 Å². The molecule has 0 bridgehead atoms. The topological polar surface area (TPSA) is 78.4 Å². The highest BCUT2D eigenvalue weighted by atomic mass is 16.4. The third kappa shape index (κ3) is 8.02. The molecule has 0 heterocycles. The van der Waals surface area contributed by atoms with Crippen molar-refractivity contribution in [2.45, 2.75) is 72.9 Å². The normalized spacial score (nSPS) is 14.8. The lowest BCUT2D eigenvalue weighted by Crippen LogP contribution is -2.53. The molecule has 0 radical (unpaired) electrons. The van der Waals surface area contributed by atoms with E-state index in [4.69, 9.17) is 5.11 Å². The molecule has 0 saturated carbocycles. The minimum Gasteiger partial charge on any atom is -0.480 e. The summed E-state index contributed by atoms with van der Waals surface area (Å²) in [5.41, 5.74) is -0.524. The van der Waals surface area contributed by atoms with Gasteiger partial charge in [0, 0.05) is 6.04 Å². The van der Waals surface area contributed by atoms with Crippen molar-refractivity contribution in [1.82, 2.24) is 10.6 Å². The van der Waals surface area contributed by atoms with Gasteiger partial charge in [0.05, 0.1) is 0 Å². The Hall–Kier alpha value is -1.26. The van der Waals surface area contributed by atoms with Crippen molar-refractivity contribution in [2.75, 3.05) is 0 Å². The molecule has 0 aromatic rings. The second-order valence-electron chi connectivity index (χ2n) is 6.98. The molecule has 0 spiro atoms. The summed E-state index contributed by atoms with van der Waals surface area (Å²) in [6.45, 7) is 11.7. The molecule has 3 N–H and O–H groups in total. The lowest BCUT2D eigenvalue weighted by atomic mass is 9.87. The fraction of sp³-hybridized carbons (Fsp3) is 0.867. The van der Waals surface area contributed by atoms with Crippen molar-refractivity contribution in [3.8, 4) is 0 Å². The van der Waals surface area contributed by atoms with Crippen LogP contribution in [0.25, 0.3) is 0 Å². The maximum Gasteiger partial charge on any atom is 0.326 e. The Labute approximate surface area is 122 Å². The highest BCUT2D eigenvalue weighted by Crippen LogP contribution is 2.19. The van der Waals surface area contributed by atoms with Gasteiger partial charge in [0.15, 0.2) is 0 Å². The summed E-state index contributed by atoms with van der Waals surface area (Å²) in [7, 11) is 0. The number of nitrogens with one attached hydrogen (secondary N) is 2. The highest BCUT2D eigenvalue weighted by Gasteiger charge is 2.32. The van der Waals surface area contributed by atoms with Gasteiger partial charge in [0.1, 0.15) is 6.04 Å². The smallest absolute Gasteiger partial charge is 0.326 e. The third-order valence-corrected chi connectivity index (χ3v) is 3.18. The number of urea groups is 1. The number of rotatable bonds is 7. The van der Waals surface area contributed by atoms with Crippen LogP contribution in [0, 0.1) is 11.3 Å². The number of aliphatic carboxylic acids is 1.